The molecule has 2 unspecified atom stereocenters. The highest BCUT2D eigenvalue weighted by Crippen LogP contribution is 2.19. The molecule has 0 aliphatic carbocycles. The Kier molecular flexibility index (Phi) is 31.4. The van der Waals surface area contributed by atoms with Crippen LogP contribution < -0.4 is 17.0 Å². The number of quaternary nitrogens is 1. The maximum absolute atomic E-state index is 12.7. The number of rotatable bonds is 30. The molecule has 0 aromatic carbocycles. The Bertz CT molecular complexity index is 616. The summed E-state index contributed by atoms with van der Waals surface area (Å²) in [5.74, 6) is -0.590. The molecule has 0 aliphatic heterocycles. The van der Waals surface area contributed by atoms with E-state index in [0.29, 0.717) is 23.9 Å². The number of aliphatic hydroxyl groups is 1. The van der Waals surface area contributed by atoms with Crippen LogP contribution in [0.1, 0.15) is 175 Å². The van der Waals surface area contributed by atoms with Crippen molar-refractivity contribution in [3.05, 3.63) is 0 Å². The number of carbonyl (C=O) groups excluding carboxylic acids is 2. The van der Waals surface area contributed by atoms with Crippen molar-refractivity contribution in [1.29, 1.82) is 0 Å². The molecule has 1 N–H and O–H groups in total. The maximum atomic E-state index is 12.7. The number of ether oxygens (including phenoxy) is 2. The first kappa shape index (κ1) is 43.5. The van der Waals surface area contributed by atoms with Gasteiger partial charge in [0.05, 0.1) is 27.2 Å². The second-order valence-corrected chi connectivity index (χ2v) is 12.8. The lowest BCUT2D eigenvalue weighted by Gasteiger charge is -2.39. The van der Waals surface area contributed by atoms with Crippen molar-refractivity contribution in [1.82, 2.24) is 0 Å². The van der Waals surface area contributed by atoms with Gasteiger partial charge in [0, 0.05) is 12.8 Å². The smallest absolute Gasteiger partial charge is 0.310 e. The van der Waals surface area contributed by atoms with Gasteiger partial charge in [-0.05, 0) is 19.8 Å². The van der Waals surface area contributed by atoms with Gasteiger partial charge in [0.15, 0.2) is 0 Å². The second-order valence-electron chi connectivity index (χ2n) is 12.8. The normalized spacial score (nSPS) is 12.9. The molecule has 0 spiro atoms. The van der Waals surface area contributed by atoms with Crippen molar-refractivity contribution in [3.8, 4) is 0 Å². The van der Waals surface area contributed by atoms with Crippen LogP contribution in [-0.4, -0.2) is 61.1 Å². The Hall–Kier alpha value is -0.660. The summed E-state index contributed by atoms with van der Waals surface area (Å²) in [6.45, 7) is 6.83. The quantitative estimate of drug-likeness (QED) is 0.0425. The summed E-state index contributed by atoms with van der Waals surface area (Å²) in [5.41, 5.74) is 0. The minimum absolute atomic E-state index is 0. The molecule has 0 aromatic heterocycles. The van der Waals surface area contributed by atoms with Crippen LogP contribution in [0.15, 0.2) is 0 Å². The van der Waals surface area contributed by atoms with Gasteiger partial charge in [-0.3, -0.25) is 14.1 Å². The molecule has 42 heavy (non-hydrogen) atoms. The van der Waals surface area contributed by atoms with Crippen LogP contribution in [0.5, 0.6) is 0 Å². The maximum Gasteiger partial charge on any atom is 0.310 e. The fraction of sp³-hybridized carbons (Fsp3) is 0.943. The molecular weight excluding hydrogens is 594 g/mol. The van der Waals surface area contributed by atoms with E-state index >= 15 is 0 Å². The van der Waals surface area contributed by atoms with Crippen LogP contribution in [0.2, 0.25) is 0 Å². The predicted molar refractivity (Wildman–Crippen MR) is 172 cm³/mol. The molecule has 0 fully saturated rings. The molecule has 0 rings (SSSR count). The molecule has 0 saturated carbocycles. The number of likely N-dealkylation sites (N-methyl/N-ethyl adjacent to an activating group) is 1. The first-order valence-electron chi connectivity index (χ1n) is 17.6. The van der Waals surface area contributed by atoms with Gasteiger partial charge in [0.2, 0.25) is 6.10 Å². The first-order chi connectivity index (χ1) is 19.8. The Morgan fingerprint density at radius 1 is 0.548 bits per heavy atom. The van der Waals surface area contributed by atoms with Crippen molar-refractivity contribution >= 4 is 11.9 Å². The van der Waals surface area contributed by atoms with Gasteiger partial charge in [-0.25, -0.2) is 0 Å². The van der Waals surface area contributed by atoms with Gasteiger partial charge in [-0.1, -0.05) is 142 Å². The summed E-state index contributed by atoms with van der Waals surface area (Å²) in [7, 11) is 3.89. The van der Waals surface area contributed by atoms with Gasteiger partial charge < -0.3 is 31.6 Å². The fourth-order valence-corrected chi connectivity index (χ4v) is 5.32. The molecule has 0 radical (unpaired) electrons. The minimum Gasteiger partial charge on any atom is -1.00 e. The Morgan fingerprint density at radius 2 is 0.857 bits per heavy atom. The first-order valence-corrected chi connectivity index (χ1v) is 17.6. The van der Waals surface area contributed by atoms with E-state index in [1.165, 1.54) is 103 Å². The second kappa shape index (κ2) is 30.4. The van der Waals surface area contributed by atoms with Gasteiger partial charge in [0.1, 0.15) is 0 Å². The van der Waals surface area contributed by atoms with Gasteiger partial charge >= 0.3 is 11.9 Å². The number of esters is 2. The third kappa shape index (κ3) is 24.7. The molecule has 0 amide bonds. The van der Waals surface area contributed by atoms with Crippen molar-refractivity contribution in [3.63, 3.8) is 0 Å². The average molecular weight is 665 g/mol. The van der Waals surface area contributed by atoms with Gasteiger partial charge in [-0.15, -0.1) is 0 Å². The molecule has 0 saturated heterocycles. The highest BCUT2D eigenvalue weighted by molar-refractivity contribution is 5.70. The van der Waals surface area contributed by atoms with E-state index in [2.05, 4.69) is 13.8 Å². The molecular formula is C35H70BrNO5. The average Bonchev–Trinajstić information content (AvgIpc) is 2.96. The Morgan fingerprint density at radius 3 is 1.17 bits per heavy atom. The van der Waals surface area contributed by atoms with E-state index in [1.54, 1.807) is 0 Å². The third-order valence-electron chi connectivity index (χ3n) is 8.51. The SMILES string of the molecule is CCCCCCCCCCCCCC(=O)OC(CO)C(OC(=O)CCCCCCCCCCCCC)[N+](C)(C)CC.[Br-]. The molecule has 0 heterocycles. The molecule has 0 aromatic rings. The van der Waals surface area contributed by atoms with Crippen LogP contribution in [0, 0.1) is 0 Å². The molecule has 0 aliphatic rings. The summed E-state index contributed by atoms with van der Waals surface area (Å²) >= 11 is 0. The number of unbranched alkanes of at least 4 members (excludes halogenated alkanes) is 20. The van der Waals surface area contributed by atoms with Gasteiger partial charge in [0.25, 0.3) is 6.23 Å². The van der Waals surface area contributed by atoms with Crippen LogP contribution in [0.4, 0.5) is 0 Å². The Labute approximate surface area is 271 Å². The van der Waals surface area contributed by atoms with Crippen LogP contribution >= 0.6 is 0 Å². The largest absolute Gasteiger partial charge is 1.00 e. The van der Waals surface area contributed by atoms with Crippen LogP contribution in [0.25, 0.3) is 0 Å². The summed E-state index contributed by atoms with van der Waals surface area (Å²) < 4.78 is 11.9. The summed E-state index contributed by atoms with van der Waals surface area (Å²) in [6, 6.07) is 0. The number of halogens is 1. The topological polar surface area (TPSA) is 72.8 Å². The van der Waals surface area contributed by atoms with Crippen molar-refractivity contribution in [2.45, 2.75) is 187 Å². The lowest BCUT2D eigenvalue weighted by Crippen LogP contribution is -3.00. The Balaban J connectivity index is 0. The minimum atomic E-state index is -0.855. The molecule has 0 bridgehead atoms. The predicted octanol–water partition coefficient (Wildman–Crippen LogP) is 6.26. The highest BCUT2D eigenvalue weighted by atomic mass is 79.9. The van der Waals surface area contributed by atoms with Crippen LogP contribution in [0.3, 0.4) is 0 Å². The summed E-state index contributed by atoms with van der Waals surface area (Å²) in [4.78, 5) is 25.3. The number of nitrogens with zero attached hydrogens (tertiary/aromatic N) is 1. The molecule has 6 nitrogen and oxygen atoms in total. The van der Waals surface area contributed by atoms with Gasteiger partial charge in [-0.2, -0.15) is 0 Å². The molecule has 2 atom stereocenters. The van der Waals surface area contributed by atoms with E-state index in [9.17, 15) is 14.7 Å². The number of hydrogen-bond acceptors (Lipinski definition) is 5. The monoisotopic (exact) mass is 663 g/mol. The van der Waals surface area contributed by atoms with E-state index in [-0.39, 0.29) is 35.5 Å². The van der Waals surface area contributed by atoms with E-state index in [0.717, 1.165) is 38.5 Å². The number of carbonyl (C=O) groups is 2. The van der Waals surface area contributed by atoms with Crippen molar-refractivity contribution in [2.75, 3.05) is 27.2 Å². The fourth-order valence-electron chi connectivity index (χ4n) is 5.32. The third-order valence-corrected chi connectivity index (χ3v) is 8.51. The lowest BCUT2D eigenvalue weighted by atomic mass is 10.1. The number of hydrogen-bond donors (Lipinski definition) is 1. The zero-order valence-electron chi connectivity index (χ0n) is 28.4. The molecule has 7 heteroatoms. The number of aliphatic hydroxyl groups excluding tert-OH is 1. The summed E-state index contributed by atoms with van der Waals surface area (Å²) in [6.07, 6.45) is 26.1. The van der Waals surface area contributed by atoms with Crippen molar-refractivity contribution < 1.29 is 45.6 Å². The zero-order chi connectivity index (χ0) is 30.6. The van der Waals surface area contributed by atoms with E-state index < -0.39 is 12.3 Å². The van der Waals surface area contributed by atoms with Crippen molar-refractivity contribution in [2.24, 2.45) is 0 Å². The van der Waals surface area contributed by atoms with E-state index in [1.807, 2.05) is 21.0 Å². The summed E-state index contributed by atoms with van der Waals surface area (Å²) in [5, 5.41) is 10.1. The highest BCUT2D eigenvalue weighted by Gasteiger charge is 2.40. The van der Waals surface area contributed by atoms with Crippen LogP contribution in [-0.2, 0) is 19.1 Å². The van der Waals surface area contributed by atoms with E-state index in [4.69, 9.17) is 9.47 Å². The zero-order valence-corrected chi connectivity index (χ0v) is 30.0. The lowest BCUT2D eigenvalue weighted by molar-refractivity contribution is -0.937. The standard InChI is InChI=1S/C35H70NO5.BrH/c1-6-9-11-13-15-17-19-21-23-25-27-29-33(38)40-32(31-37)35(36(4,5)8-3)41-34(39)30-28-26-24-22-20-18-16-14-12-10-7-2;/h32,35,37H,6-31H2,1-5H3;1H/q+1;/p-1. The molecule has 252 valence electrons.